The molecule has 0 bridgehead atoms. The molecule has 1 aliphatic rings. The number of amides is 1. The number of carbonyl (C=O) groups excluding carboxylic acids is 1. The van der Waals surface area contributed by atoms with Gasteiger partial charge >= 0.3 is 0 Å². The molecule has 0 spiro atoms. The van der Waals surface area contributed by atoms with Crippen LogP contribution in [0.15, 0.2) is 36.4 Å². The first-order chi connectivity index (χ1) is 14.9. The van der Waals surface area contributed by atoms with Crippen LogP contribution in [-0.4, -0.2) is 46.9 Å². The van der Waals surface area contributed by atoms with Crippen LogP contribution in [0.3, 0.4) is 0 Å². The van der Waals surface area contributed by atoms with Gasteiger partial charge in [0, 0.05) is 17.0 Å². The van der Waals surface area contributed by atoms with Gasteiger partial charge in [0.15, 0.2) is 0 Å². The fraction of sp³-hybridized carbons (Fsp3) is 0.409. The van der Waals surface area contributed by atoms with Crippen molar-refractivity contribution in [2.75, 3.05) is 31.3 Å². The van der Waals surface area contributed by atoms with Gasteiger partial charge in [0.05, 0.1) is 32.2 Å². The van der Waals surface area contributed by atoms with Crippen molar-refractivity contribution in [3.05, 3.63) is 47.0 Å². The summed E-state index contributed by atoms with van der Waals surface area (Å²) in [4.78, 5) is 13.0. The lowest BCUT2D eigenvalue weighted by molar-refractivity contribution is -0.120. The second kappa shape index (κ2) is 9.07. The highest BCUT2D eigenvalue weighted by Gasteiger charge is 2.35. The molecule has 1 unspecified atom stereocenters. The Labute approximate surface area is 193 Å². The van der Waals surface area contributed by atoms with Crippen LogP contribution in [0.1, 0.15) is 31.9 Å². The third-order valence-electron chi connectivity index (χ3n) is 5.11. The van der Waals surface area contributed by atoms with Crippen LogP contribution in [0.5, 0.6) is 17.2 Å². The number of fused-ring (bicyclic) bond motifs is 1. The van der Waals surface area contributed by atoms with Crippen molar-refractivity contribution in [1.82, 2.24) is 5.32 Å². The molecule has 0 fully saturated rings. The summed E-state index contributed by atoms with van der Waals surface area (Å²) >= 11 is 6.07. The SMILES string of the molecule is COc1ccc2c(c1)C(NC(=O)CN(c1cc(Cl)ccc1OC)S(C)(=O)=O)CC(C)(C)O2. The van der Waals surface area contributed by atoms with E-state index in [4.69, 9.17) is 25.8 Å². The zero-order valence-electron chi connectivity index (χ0n) is 18.6. The van der Waals surface area contributed by atoms with Crippen LogP contribution >= 0.6 is 11.6 Å². The number of halogens is 1. The van der Waals surface area contributed by atoms with Gasteiger partial charge in [-0.15, -0.1) is 0 Å². The fourth-order valence-corrected chi connectivity index (χ4v) is 4.72. The molecule has 0 saturated carbocycles. The summed E-state index contributed by atoms with van der Waals surface area (Å²) < 4.78 is 42.7. The highest BCUT2D eigenvalue weighted by Crippen LogP contribution is 2.41. The van der Waals surface area contributed by atoms with E-state index in [1.807, 2.05) is 19.9 Å². The quantitative estimate of drug-likeness (QED) is 0.648. The minimum absolute atomic E-state index is 0.187. The molecule has 1 amide bonds. The van der Waals surface area contributed by atoms with Crippen molar-refractivity contribution in [2.45, 2.75) is 31.9 Å². The van der Waals surface area contributed by atoms with Crippen LogP contribution in [0.2, 0.25) is 5.02 Å². The van der Waals surface area contributed by atoms with Gasteiger partial charge in [-0.1, -0.05) is 11.6 Å². The predicted octanol–water partition coefficient (Wildman–Crippen LogP) is 3.54. The van der Waals surface area contributed by atoms with Crippen LogP contribution in [0.25, 0.3) is 0 Å². The second-order valence-corrected chi connectivity index (χ2v) is 10.5. The molecular formula is C22H27ClN2O6S. The van der Waals surface area contributed by atoms with Crippen molar-refractivity contribution >= 4 is 33.2 Å². The maximum absolute atomic E-state index is 13.0. The van der Waals surface area contributed by atoms with Crippen molar-refractivity contribution in [2.24, 2.45) is 0 Å². The molecule has 0 aliphatic carbocycles. The second-order valence-electron chi connectivity index (χ2n) is 8.18. The number of anilines is 1. The minimum Gasteiger partial charge on any atom is -0.497 e. The van der Waals surface area contributed by atoms with Gasteiger partial charge in [-0.25, -0.2) is 8.42 Å². The fourth-order valence-electron chi connectivity index (χ4n) is 3.70. The lowest BCUT2D eigenvalue weighted by Crippen LogP contribution is -2.45. The molecule has 1 aliphatic heterocycles. The van der Waals surface area contributed by atoms with Gasteiger partial charge in [-0.2, -0.15) is 0 Å². The molecule has 0 saturated heterocycles. The lowest BCUT2D eigenvalue weighted by Gasteiger charge is -2.38. The number of nitrogens with one attached hydrogen (secondary N) is 1. The van der Waals surface area contributed by atoms with Crippen LogP contribution in [0, 0.1) is 0 Å². The van der Waals surface area contributed by atoms with E-state index in [2.05, 4.69) is 5.32 Å². The Morgan fingerprint density at radius 2 is 1.94 bits per heavy atom. The molecule has 3 rings (SSSR count). The Hall–Kier alpha value is -2.65. The average Bonchev–Trinajstić information content (AvgIpc) is 2.70. The Bertz CT molecular complexity index is 1120. The Morgan fingerprint density at radius 1 is 1.22 bits per heavy atom. The molecule has 174 valence electrons. The van der Waals surface area contributed by atoms with Crippen LogP contribution in [-0.2, 0) is 14.8 Å². The molecule has 0 aromatic heterocycles. The van der Waals surface area contributed by atoms with E-state index >= 15 is 0 Å². The predicted molar refractivity (Wildman–Crippen MR) is 123 cm³/mol. The lowest BCUT2D eigenvalue weighted by atomic mass is 9.89. The summed E-state index contributed by atoms with van der Waals surface area (Å²) in [5.41, 5.74) is 0.432. The van der Waals surface area contributed by atoms with Crippen molar-refractivity contribution in [3.8, 4) is 17.2 Å². The number of hydrogen-bond acceptors (Lipinski definition) is 6. The Balaban J connectivity index is 1.90. The van der Waals surface area contributed by atoms with E-state index in [1.54, 1.807) is 31.4 Å². The maximum atomic E-state index is 13.0. The van der Waals surface area contributed by atoms with Crippen LogP contribution in [0.4, 0.5) is 5.69 Å². The third-order valence-corrected chi connectivity index (χ3v) is 6.47. The molecule has 2 aromatic rings. The summed E-state index contributed by atoms with van der Waals surface area (Å²) in [6.45, 7) is 3.42. The highest BCUT2D eigenvalue weighted by molar-refractivity contribution is 7.92. The van der Waals surface area contributed by atoms with E-state index in [0.29, 0.717) is 22.9 Å². The van der Waals surface area contributed by atoms with Crippen LogP contribution < -0.4 is 23.8 Å². The minimum atomic E-state index is -3.81. The zero-order chi connectivity index (χ0) is 23.7. The molecule has 10 heteroatoms. The van der Waals surface area contributed by atoms with Gasteiger partial charge in [0.25, 0.3) is 0 Å². The molecule has 32 heavy (non-hydrogen) atoms. The Morgan fingerprint density at radius 3 is 2.56 bits per heavy atom. The number of nitrogens with zero attached hydrogens (tertiary/aromatic N) is 1. The molecular weight excluding hydrogens is 456 g/mol. The smallest absolute Gasteiger partial charge is 0.241 e. The number of ether oxygens (including phenoxy) is 3. The molecule has 1 N–H and O–H groups in total. The Kier molecular flexibility index (Phi) is 6.80. The number of rotatable bonds is 7. The van der Waals surface area contributed by atoms with Gasteiger partial charge in [0.1, 0.15) is 29.4 Å². The third kappa shape index (κ3) is 5.39. The van der Waals surface area contributed by atoms with Crippen molar-refractivity contribution in [3.63, 3.8) is 0 Å². The molecule has 1 heterocycles. The normalized spacial score (nSPS) is 17.0. The standard InChI is InChI=1S/C22H27ClN2O6S/c1-22(2)12-17(16-11-15(29-3)7-9-19(16)31-22)24-21(26)13-25(32(5,27)28)18-10-14(23)6-8-20(18)30-4/h6-11,17H,12-13H2,1-5H3,(H,24,26). The first kappa shape index (κ1) is 24.0. The topological polar surface area (TPSA) is 94.2 Å². The largest absolute Gasteiger partial charge is 0.497 e. The summed E-state index contributed by atoms with van der Waals surface area (Å²) in [6.07, 6.45) is 1.52. The molecule has 1 atom stereocenters. The van der Waals surface area contributed by atoms with Gasteiger partial charge in [0.2, 0.25) is 15.9 Å². The van der Waals surface area contributed by atoms with Gasteiger partial charge in [-0.3, -0.25) is 9.10 Å². The van der Waals surface area contributed by atoms with E-state index in [-0.39, 0.29) is 17.5 Å². The average molecular weight is 483 g/mol. The monoisotopic (exact) mass is 482 g/mol. The number of carbonyl (C=O) groups is 1. The van der Waals surface area contributed by atoms with Gasteiger partial charge in [-0.05, 0) is 50.2 Å². The van der Waals surface area contributed by atoms with E-state index in [0.717, 1.165) is 16.1 Å². The van der Waals surface area contributed by atoms with E-state index < -0.39 is 28.1 Å². The maximum Gasteiger partial charge on any atom is 0.241 e. The van der Waals surface area contributed by atoms with E-state index in [9.17, 15) is 13.2 Å². The summed E-state index contributed by atoms with van der Waals surface area (Å²) in [5, 5.41) is 3.27. The molecule has 8 nitrogen and oxygen atoms in total. The first-order valence-corrected chi connectivity index (χ1v) is 12.1. The first-order valence-electron chi connectivity index (χ1n) is 9.91. The zero-order valence-corrected chi connectivity index (χ0v) is 20.2. The van der Waals surface area contributed by atoms with Crippen molar-refractivity contribution in [1.29, 1.82) is 0 Å². The number of hydrogen-bond donors (Lipinski definition) is 1. The van der Waals surface area contributed by atoms with Gasteiger partial charge < -0.3 is 19.5 Å². The summed E-state index contributed by atoms with van der Waals surface area (Å²) in [5.74, 6) is 1.08. The van der Waals surface area contributed by atoms with Crippen molar-refractivity contribution < 1.29 is 27.4 Å². The summed E-state index contributed by atoms with van der Waals surface area (Å²) in [7, 11) is -0.829. The number of sulfonamides is 1. The molecule has 0 radical (unpaired) electrons. The van der Waals surface area contributed by atoms with E-state index in [1.165, 1.54) is 13.2 Å². The summed E-state index contributed by atoms with van der Waals surface area (Å²) in [6, 6.07) is 9.59. The number of methoxy groups -OCH3 is 2. The number of benzene rings is 2. The highest BCUT2D eigenvalue weighted by atomic mass is 35.5. The molecule has 2 aromatic carbocycles.